The highest BCUT2D eigenvalue weighted by molar-refractivity contribution is 6.32. The summed E-state index contributed by atoms with van der Waals surface area (Å²) in [7, 11) is 0. The third-order valence-corrected chi connectivity index (χ3v) is 2.97. The lowest BCUT2D eigenvalue weighted by molar-refractivity contribution is 0.262. The largest absolute Gasteiger partial charge is 0.506 e. The number of benzene rings is 2. The molecular formula is C13H10Cl2N2O3. The van der Waals surface area contributed by atoms with Gasteiger partial charge in [0.15, 0.2) is 0 Å². The van der Waals surface area contributed by atoms with Gasteiger partial charge in [-0.2, -0.15) is 0 Å². The molecule has 0 aliphatic rings. The van der Waals surface area contributed by atoms with Gasteiger partial charge in [-0.25, -0.2) is 4.79 Å². The van der Waals surface area contributed by atoms with E-state index in [0.29, 0.717) is 10.7 Å². The second kappa shape index (κ2) is 5.90. The number of carbonyl (C=O) groups is 1. The van der Waals surface area contributed by atoms with Crippen molar-refractivity contribution in [2.45, 2.75) is 0 Å². The summed E-state index contributed by atoms with van der Waals surface area (Å²) in [6, 6.07) is 8.02. The minimum Gasteiger partial charge on any atom is -0.506 e. The standard InChI is InChI=1S/C13H10Cl2N2O3/c14-7-1-4-10(12(19)5-7)17-13(20)16-8-2-3-9(15)11(18)6-8/h1-6,18-19H,(H2,16,17,20). The van der Waals surface area contributed by atoms with Crippen molar-refractivity contribution < 1.29 is 15.0 Å². The highest BCUT2D eigenvalue weighted by Gasteiger charge is 2.08. The summed E-state index contributed by atoms with van der Waals surface area (Å²) < 4.78 is 0. The number of halogens is 2. The Kier molecular flexibility index (Phi) is 4.22. The van der Waals surface area contributed by atoms with Gasteiger partial charge in [-0.15, -0.1) is 0 Å². The molecule has 0 bridgehead atoms. The van der Waals surface area contributed by atoms with Gasteiger partial charge in [-0.3, -0.25) is 0 Å². The number of amides is 2. The Labute approximate surface area is 124 Å². The van der Waals surface area contributed by atoms with Crippen molar-refractivity contribution in [1.82, 2.24) is 0 Å². The van der Waals surface area contributed by atoms with Crippen molar-refractivity contribution in [1.29, 1.82) is 0 Å². The van der Waals surface area contributed by atoms with Crippen LogP contribution in [0.2, 0.25) is 10.0 Å². The highest BCUT2D eigenvalue weighted by atomic mass is 35.5. The van der Waals surface area contributed by atoms with Crippen LogP contribution in [0.25, 0.3) is 0 Å². The number of hydrogen-bond acceptors (Lipinski definition) is 3. The fourth-order valence-electron chi connectivity index (χ4n) is 1.49. The van der Waals surface area contributed by atoms with Crippen LogP contribution in [-0.4, -0.2) is 16.2 Å². The maximum atomic E-state index is 11.7. The smallest absolute Gasteiger partial charge is 0.323 e. The number of aromatic hydroxyl groups is 2. The normalized spacial score (nSPS) is 10.1. The first-order chi connectivity index (χ1) is 9.45. The van der Waals surface area contributed by atoms with Crippen LogP contribution in [0, 0.1) is 0 Å². The Hall–Kier alpha value is -2.11. The first kappa shape index (κ1) is 14.3. The Balaban J connectivity index is 2.07. The first-order valence-electron chi connectivity index (χ1n) is 5.51. The maximum absolute atomic E-state index is 11.7. The molecule has 7 heteroatoms. The minimum absolute atomic E-state index is 0.140. The van der Waals surface area contributed by atoms with Gasteiger partial charge in [-0.05, 0) is 24.3 Å². The zero-order valence-electron chi connectivity index (χ0n) is 10.0. The number of phenols is 2. The summed E-state index contributed by atoms with van der Waals surface area (Å²) in [6.45, 7) is 0. The molecule has 0 heterocycles. The van der Waals surface area contributed by atoms with Gasteiger partial charge in [0.05, 0.1) is 10.7 Å². The molecule has 5 nitrogen and oxygen atoms in total. The van der Waals surface area contributed by atoms with Crippen molar-refractivity contribution in [3.63, 3.8) is 0 Å². The van der Waals surface area contributed by atoms with Gasteiger partial charge in [-0.1, -0.05) is 23.2 Å². The number of nitrogens with one attached hydrogen (secondary N) is 2. The van der Waals surface area contributed by atoms with E-state index in [1.807, 2.05) is 0 Å². The summed E-state index contributed by atoms with van der Waals surface area (Å²) in [4.78, 5) is 11.7. The summed E-state index contributed by atoms with van der Waals surface area (Å²) >= 11 is 11.3. The third kappa shape index (κ3) is 3.46. The highest BCUT2D eigenvalue weighted by Crippen LogP contribution is 2.28. The van der Waals surface area contributed by atoms with Gasteiger partial charge in [0.1, 0.15) is 11.5 Å². The number of phenolic OH excluding ortho intramolecular Hbond substituents is 2. The molecule has 104 valence electrons. The molecule has 2 rings (SSSR count). The number of rotatable bonds is 2. The van der Waals surface area contributed by atoms with Gasteiger partial charge >= 0.3 is 6.03 Å². The van der Waals surface area contributed by atoms with E-state index in [-0.39, 0.29) is 22.2 Å². The average molecular weight is 313 g/mol. The molecule has 2 aromatic rings. The number of hydrogen-bond donors (Lipinski definition) is 4. The van der Waals surface area contributed by atoms with Crippen molar-refractivity contribution in [3.05, 3.63) is 46.4 Å². The molecule has 0 unspecified atom stereocenters. The maximum Gasteiger partial charge on any atom is 0.323 e. The Bertz CT molecular complexity index is 662. The van der Waals surface area contributed by atoms with E-state index in [4.69, 9.17) is 23.2 Å². The van der Waals surface area contributed by atoms with Crippen molar-refractivity contribution >= 4 is 40.6 Å². The van der Waals surface area contributed by atoms with E-state index in [1.54, 1.807) is 0 Å². The fourth-order valence-corrected chi connectivity index (χ4v) is 1.77. The van der Waals surface area contributed by atoms with Crippen LogP contribution in [0.1, 0.15) is 0 Å². The van der Waals surface area contributed by atoms with E-state index >= 15 is 0 Å². The third-order valence-electron chi connectivity index (χ3n) is 2.41. The molecule has 0 aliphatic heterocycles. The molecule has 0 spiro atoms. The van der Waals surface area contributed by atoms with E-state index in [9.17, 15) is 15.0 Å². The molecule has 2 aromatic carbocycles. The van der Waals surface area contributed by atoms with Gasteiger partial charge in [0.25, 0.3) is 0 Å². The van der Waals surface area contributed by atoms with Crippen molar-refractivity contribution in [3.8, 4) is 11.5 Å². The monoisotopic (exact) mass is 312 g/mol. The topological polar surface area (TPSA) is 81.6 Å². The predicted molar refractivity (Wildman–Crippen MR) is 78.9 cm³/mol. The zero-order chi connectivity index (χ0) is 14.7. The van der Waals surface area contributed by atoms with Crippen LogP contribution in [0.3, 0.4) is 0 Å². The van der Waals surface area contributed by atoms with Crippen LogP contribution in [0.15, 0.2) is 36.4 Å². The van der Waals surface area contributed by atoms with Crippen LogP contribution in [0.5, 0.6) is 11.5 Å². The van der Waals surface area contributed by atoms with Crippen LogP contribution in [-0.2, 0) is 0 Å². The lowest BCUT2D eigenvalue weighted by atomic mass is 10.3. The minimum atomic E-state index is -0.579. The lowest BCUT2D eigenvalue weighted by Gasteiger charge is -2.09. The Morgan fingerprint density at radius 3 is 2.35 bits per heavy atom. The molecule has 0 fully saturated rings. The van der Waals surface area contributed by atoms with Gasteiger partial charge in [0.2, 0.25) is 0 Å². The molecule has 0 saturated heterocycles. The van der Waals surface area contributed by atoms with Crippen molar-refractivity contribution in [2.24, 2.45) is 0 Å². The van der Waals surface area contributed by atoms with E-state index in [1.165, 1.54) is 36.4 Å². The van der Waals surface area contributed by atoms with Crippen LogP contribution < -0.4 is 10.6 Å². The number of carbonyl (C=O) groups excluding carboxylic acids is 1. The first-order valence-corrected chi connectivity index (χ1v) is 6.26. The lowest BCUT2D eigenvalue weighted by Crippen LogP contribution is -2.19. The Morgan fingerprint density at radius 1 is 0.950 bits per heavy atom. The second-order valence-corrected chi connectivity index (χ2v) is 4.75. The molecule has 0 saturated carbocycles. The molecule has 0 atom stereocenters. The molecule has 4 N–H and O–H groups in total. The average Bonchev–Trinajstić information content (AvgIpc) is 2.37. The predicted octanol–water partition coefficient (Wildman–Crippen LogP) is 4.05. The molecular weight excluding hydrogens is 303 g/mol. The second-order valence-electron chi connectivity index (χ2n) is 3.91. The van der Waals surface area contributed by atoms with Gasteiger partial charge < -0.3 is 20.8 Å². The fraction of sp³-hybridized carbons (Fsp3) is 0. The van der Waals surface area contributed by atoms with E-state index in [0.717, 1.165) is 0 Å². The zero-order valence-corrected chi connectivity index (χ0v) is 11.5. The van der Waals surface area contributed by atoms with Gasteiger partial charge in [0, 0.05) is 22.8 Å². The van der Waals surface area contributed by atoms with Crippen molar-refractivity contribution in [2.75, 3.05) is 10.6 Å². The molecule has 20 heavy (non-hydrogen) atoms. The molecule has 0 aromatic heterocycles. The summed E-state index contributed by atoms with van der Waals surface area (Å²) in [6.07, 6.45) is 0. The SMILES string of the molecule is O=C(Nc1ccc(Cl)c(O)c1)Nc1ccc(Cl)cc1O. The van der Waals surface area contributed by atoms with E-state index < -0.39 is 6.03 Å². The molecule has 0 radical (unpaired) electrons. The molecule has 0 aliphatic carbocycles. The van der Waals surface area contributed by atoms with Crippen LogP contribution >= 0.6 is 23.2 Å². The number of anilines is 2. The quantitative estimate of drug-likeness (QED) is 0.631. The summed E-state index contributed by atoms with van der Waals surface area (Å²) in [5, 5.41) is 24.5. The summed E-state index contributed by atoms with van der Waals surface area (Å²) in [5.41, 5.74) is 0.572. The summed E-state index contributed by atoms with van der Waals surface area (Å²) in [5.74, 6) is -0.287. The van der Waals surface area contributed by atoms with Crippen LogP contribution in [0.4, 0.5) is 16.2 Å². The molecule has 2 amide bonds. The Morgan fingerprint density at radius 2 is 1.70 bits per heavy atom. The van der Waals surface area contributed by atoms with E-state index in [2.05, 4.69) is 10.6 Å². The number of urea groups is 1.